The van der Waals surface area contributed by atoms with Gasteiger partial charge >= 0.3 is 5.97 Å². The van der Waals surface area contributed by atoms with Crippen LogP contribution in [0.5, 0.6) is 0 Å². The Balaban J connectivity index is 2.03. The normalized spacial score (nSPS) is 49.5. The van der Waals surface area contributed by atoms with E-state index < -0.39 is 27.3 Å². The fourth-order valence-electron chi connectivity index (χ4n) is 3.45. The fraction of sp³-hybridized carbons (Fsp3) is 0.889. The van der Waals surface area contributed by atoms with Gasteiger partial charge in [-0.05, 0) is 18.8 Å². The summed E-state index contributed by atoms with van der Waals surface area (Å²) in [6.07, 6.45) is 1.29. The van der Waals surface area contributed by atoms with Gasteiger partial charge in [-0.1, -0.05) is 0 Å². The van der Waals surface area contributed by atoms with Gasteiger partial charge in [0.25, 0.3) is 10.1 Å². The van der Waals surface area contributed by atoms with Gasteiger partial charge in [-0.3, -0.25) is 8.98 Å². The van der Waals surface area contributed by atoms with Crippen molar-refractivity contribution in [3.8, 4) is 0 Å². The van der Waals surface area contributed by atoms with Crippen LogP contribution in [0.2, 0.25) is 0 Å². The molecule has 0 amide bonds. The second-order valence-corrected chi connectivity index (χ2v) is 6.26. The summed E-state index contributed by atoms with van der Waals surface area (Å²) in [6.45, 7) is 0. The van der Waals surface area contributed by atoms with Crippen LogP contribution in [0, 0.1) is 17.8 Å². The predicted molar refractivity (Wildman–Crippen MR) is 49.3 cm³/mol. The van der Waals surface area contributed by atoms with E-state index in [0.29, 0.717) is 6.42 Å². The van der Waals surface area contributed by atoms with Gasteiger partial charge in [0, 0.05) is 5.92 Å². The van der Waals surface area contributed by atoms with Gasteiger partial charge in [0.15, 0.2) is 0 Å². The maximum Gasteiger partial charge on any atom is 0.310 e. The molecule has 1 aliphatic heterocycles. The summed E-state index contributed by atoms with van der Waals surface area (Å²) < 4.78 is 33.0. The van der Waals surface area contributed by atoms with Crippen molar-refractivity contribution < 1.29 is 22.1 Å². The smallest absolute Gasteiger partial charge is 0.310 e. The zero-order valence-electron chi connectivity index (χ0n) is 8.25. The summed E-state index contributed by atoms with van der Waals surface area (Å²) in [4.78, 5) is 11.5. The van der Waals surface area contributed by atoms with Crippen LogP contribution in [-0.2, 0) is 23.8 Å². The zero-order chi connectivity index (χ0) is 10.8. The Hall–Kier alpha value is -0.620. The summed E-state index contributed by atoms with van der Waals surface area (Å²) in [5, 5.41) is -0.645. The molecule has 6 heteroatoms. The summed E-state index contributed by atoms with van der Waals surface area (Å²) in [7, 11) is -2.24. The highest BCUT2D eigenvalue weighted by molar-refractivity contribution is 7.87. The lowest BCUT2D eigenvalue weighted by molar-refractivity contribution is -0.147. The first-order valence-electron chi connectivity index (χ1n) is 5.04. The van der Waals surface area contributed by atoms with Crippen LogP contribution in [0.25, 0.3) is 0 Å². The van der Waals surface area contributed by atoms with Crippen molar-refractivity contribution in [1.29, 1.82) is 0 Å². The minimum Gasteiger partial charge on any atom is -0.469 e. The number of carbonyl (C=O) groups is 1. The highest BCUT2D eigenvalue weighted by atomic mass is 32.2. The van der Waals surface area contributed by atoms with Crippen LogP contribution in [0.4, 0.5) is 0 Å². The second kappa shape index (κ2) is 2.74. The Morgan fingerprint density at radius 3 is 2.80 bits per heavy atom. The Kier molecular flexibility index (Phi) is 1.75. The number of hydrogen-bond acceptors (Lipinski definition) is 5. The van der Waals surface area contributed by atoms with Crippen molar-refractivity contribution >= 4 is 16.1 Å². The molecule has 5 unspecified atom stereocenters. The van der Waals surface area contributed by atoms with Gasteiger partial charge in [0.1, 0.15) is 5.25 Å². The van der Waals surface area contributed by atoms with Gasteiger partial charge in [0.05, 0.1) is 19.1 Å². The molecule has 2 saturated carbocycles. The van der Waals surface area contributed by atoms with Crippen LogP contribution in [0.1, 0.15) is 12.8 Å². The average molecular weight is 232 g/mol. The zero-order valence-corrected chi connectivity index (χ0v) is 9.07. The third kappa shape index (κ3) is 1.06. The van der Waals surface area contributed by atoms with Crippen molar-refractivity contribution in [2.24, 2.45) is 17.8 Å². The summed E-state index contributed by atoms with van der Waals surface area (Å²) >= 11 is 0. The van der Waals surface area contributed by atoms with Gasteiger partial charge in [-0.15, -0.1) is 0 Å². The van der Waals surface area contributed by atoms with E-state index in [2.05, 4.69) is 4.74 Å². The summed E-state index contributed by atoms with van der Waals surface area (Å²) in [6, 6.07) is 0. The third-order valence-corrected chi connectivity index (χ3v) is 5.76. The fourth-order valence-corrected chi connectivity index (χ4v) is 5.55. The molecule has 0 spiro atoms. The SMILES string of the molecule is COC(=O)C1C2CC3OS(=O)(=O)C1C3C2. The quantitative estimate of drug-likeness (QED) is 0.467. The van der Waals surface area contributed by atoms with Gasteiger partial charge in [-0.25, -0.2) is 0 Å². The van der Waals surface area contributed by atoms with Crippen molar-refractivity contribution in [2.75, 3.05) is 7.11 Å². The monoisotopic (exact) mass is 232 g/mol. The number of hydrogen-bond donors (Lipinski definition) is 0. The Bertz CT molecular complexity index is 412. The number of ether oxygens (including phenoxy) is 1. The van der Waals surface area contributed by atoms with E-state index in [4.69, 9.17) is 4.18 Å². The Morgan fingerprint density at radius 2 is 2.13 bits per heavy atom. The average Bonchev–Trinajstić information content (AvgIpc) is 2.74. The molecule has 2 aliphatic carbocycles. The standard InChI is InChI=1S/C9H12O5S/c1-13-9(10)7-4-2-5-6(3-4)14-15(11,12)8(5)7/h4-8H,2-3H2,1H3. The third-order valence-electron chi connectivity index (χ3n) is 3.94. The molecule has 2 bridgehead atoms. The van der Waals surface area contributed by atoms with E-state index in [1.807, 2.05) is 0 Å². The van der Waals surface area contributed by atoms with E-state index in [1.165, 1.54) is 7.11 Å². The van der Waals surface area contributed by atoms with E-state index in [-0.39, 0.29) is 17.9 Å². The molecule has 3 fully saturated rings. The predicted octanol–water partition coefficient (Wildman–Crippen LogP) is -0.0874. The highest BCUT2D eigenvalue weighted by Gasteiger charge is 2.66. The van der Waals surface area contributed by atoms with Crippen LogP contribution < -0.4 is 0 Å². The maximum absolute atomic E-state index is 11.7. The van der Waals surface area contributed by atoms with Gasteiger partial charge in [-0.2, -0.15) is 8.42 Å². The number of rotatable bonds is 1. The molecule has 5 nitrogen and oxygen atoms in total. The van der Waals surface area contributed by atoms with Crippen molar-refractivity contribution in [3.05, 3.63) is 0 Å². The lowest BCUT2D eigenvalue weighted by Crippen LogP contribution is -2.37. The molecule has 84 valence electrons. The molecule has 0 N–H and O–H groups in total. The minimum absolute atomic E-state index is 0.0177. The van der Waals surface area contributed by atoms with Crippen LogP contribution in [0.15, 0.2) is 0 Å². The molecular weight excluding hydrogens is 220 g/mol. The van der Waals surface area contributed by atoms with E-state index in [0.717, 1.165) is 6.42 Å². The van der Waals surface area contributed by atoms with Crippen LogP contribution >= 0.6 is 0 Å². The first-order chi connectivity index (χ1) is 7.04. The number of esters is 1. The molecule has 1 heterocycles. The minimum atomic E-state index is -3.54. The lowest BCUT2D eigenvalue weighted by Gasteiger charge is -2.21. The molecule has 15 heavy (non-hydrogen) atoms. The van der Waals surface area contributed by atoms with Gasteiger partial charge < -0.3 is 4.74 Å². The molecule has 0 radical (unpaired) electrons. The first-order valence-corrected chi connectivity index (χ1v) is 6.51. The number of fused-ring (bicyclic) bond motifs is 1. The molecule has 0 aromatic heterocycles. The van der Waals surface area contributed by atoms with E-state index in [1.54, 1.807) is 0 Å². The molecule has 3 rings (SSSR count). The van der Waals surface area contributed by atoms with Crippen molar-refractivity contribution in [3.63, 3.8) is 0 Å². The van der Waals surface area contributed by atoms with Gasteiger partial charge in [0.2, 0.25) is 0 Å². The molecular formula is C9H12O5S. The number of methoxy groups -OCH3 is 1. The number of carbonyl (C=O) groups excluding carboxylic acids is 1. The highest BCUT2D eigenvalue weighted by Crippen LogP contribution is 2.57. The first kappa shape index (κ1) is 9.59. The summed E-state index contributed by atoms with van der Waals surface area (Å²) in [5.74, 6) is -0.748. The summed E-state index contributed by atoms with van der Waals surface area (Å²) in [5.41, 5.74) is 0. The van der Waals surface area contributed by atoms with E-state index >= 15 is 0 Å². The van der Waals surface area contributed by atoms with Crippen LogP contribution in [-0.4, -0.2) is 32.9 Å². The van der Waals surface area contributed by atoms with E-state index in [9.17, 15) is 13.2 Å². The van der Waals surface area contributed by atoms with Crippen molar-refractivity contribution in [1.82, 2.24) is 0 Å². The Labute approximate surface area is 87.9 Å². The molecule has 0 aromatic rings. The Morgan fingerprint density at radius 1 is 1.40 bits per heavy atom. The topological polar surface area (TPSA) is 69.7 Å². The van der Waals surface area contributed by atoms with Crippen molar-refractivity contribution in [2.45, 2.75) is 24.2 Å². The molecule has 3 aliphatic rings. The molecule has 1 saturated heterocycles. The van der Waals surface area contributed by atoms with Crippen LogP contribution in [0.3, 0.4) is 0 Å². The largest absolute Gasteiger partial charge is 0.469 e. The molecule has 5 atom stereocenters. The lowest BCUT2D eigenvalue weighted by atomic mass is 9.87. The maximum atomic E-state index is 11.7. The second-order valence-electron chi connectivity index (χ2n) is 4.54. The molecule has 0 aromatic carbocycles.